The Labute approximate surface area is 203 Å². The van der Waals surface area contributed by atoms with E-state index in [-0.39, 0.29) is 36.3 Å². The van der Waals surface area contributed by atoms with Crippen LogP contribution < -0.4 is 11.1 Å². The molecule has 4 rings (SSSR count). The van der Waals surface area contributed by atoms with E-state index in [0.717, 1.165) is 0 Å². The van der Waals surface area contributed by atoms with E-state index in [1.54, 1.807) is 47.4 Å². The summed E-state index contributed by atoms with van der Waals surface area (Å²) < 4.78 is 5.60. The van der Waals surface area contributed by atoms with Crippen LogP contribution in [0.1, 0.15) is 54.6 Å². The van der Waals surface area contributed by atoms with Crippen LogP contribution in [0.25, 0.3) is 0 Å². The number of hydrogen-bond acceptors (Lipinski definition) is 6. The lowest BCUT2D eigenvalue weighted by atomic mass is 9.86. The van der Waals surface area contributed by atoms with Gasteiger partial charge in [-0.3, -0.25) is 14.5 Å². The number of benzene rings is 2. The van der Waals surface area contributed by atoms with Gasteiger partial charge in [-0.25, -0.2) is 4.99 Å². The minimum absolute atomic E-state index is 0.0435. The van der Waals surface area contributed by atoms with E-state index in [9.17, 15) is 9.59 Å². The number of amides is 2. The van der Waals surface area contributed by atoms with Gasteiger partial charge in [0, 0.05) is 23.8 Å². The molecule has 1 fully saturated rings. The molecule has 0 aromatic heterocycles. The van der Waals surface area contributed by atoms with Gasteiger partial charge in [0.2, 0.25) is 5.91 Å². The van der Waals surface area contributed by atoms with Crippen LogP contribution in [0.3, 0.4) is 0 Å². The predicted octanol–water partition coefficient (Wildman–Crippen LogP) is 3.79. The molecule has 2 aliphatic heterocycles. The largest absolute Gasteiger partial charge is 0.378 e. The van der Waals surface area contributed by atoms with Crippen LogP contribution in [0.5, 0.6) is 0 Å². The summed E-state index contributed by atoms with van der Waals surface area (Å²) in [6.07, 6.45) is 1.57. The van der Waals surface area contributed by atoms with Gasteiger partial charge >= 0.3 is 0 Å². The maximum Gasteiger partial charge on any atom is 0.255 e. The minimum Gasteiger partial charge on any atom is -0.378 e. The Kier molecular flexibility index (Phi) is 6.60. The average Bonchev–Trinajstić information content (AvgIpc) is 2.80. The van der Waals surface area contributed by atoms with Crippen molar-refractivity contribution in [3.8, 4) is 6.07 Å². The third-order valence-electron chi connectivity index (χ3n) is 6.30. The van der Waals surface area contributed by atoms with E-state index in [1.165, 1.54) is 0 Å². The quantitative estimate of drug-likeness (QED) is 0.691. The Hall–Kier alpha value is -3.41. The van der Waals surface area contributed by atoms with Gasteiger partial charge in [-0.1, -0.05) is 23.7 Å². The molecule has 0 spiro atoms. The highest BCUT2D eigenvalue weighted by molar-refractivity contribution is 6.35. The summed E-state index contributed by atoms with van der Waals surface area (Å²) in [4.78, 5) is 32.2. The Morgan fingerprint density at radius 3 is 2.71 bits per heavy atom. The zero-order valence-corrected chi connectivity index (χ0v) is 19.8. The third kappa shape index (κ3) is 4.63. The standard InChI is InChI=1S/C25H26ClN5O3/c1-15-12-18(10-11-34-15)31-21(32)13-25(2,30-24(31)28)19-4-3-5-20(22(19)26)29-23(33)17-8-6-16(14-27)7-9-17/h3-9,15,18H,10-13H2,1-2H3,(H2,28,30)(H,29,33)/t15-,18-,25+/m1/s1. The van der Waals surface area contributed by atoms with Gasteiger partial charge in [-0.15, -0.1) is 0 Å². The zero-order chi connectivity index (χ0) is 24.5. The minimum atomic E-state index is -0.972. The number of aliphatic imine (C=N–C) groups is 1. The molecule has 2 heterocycles. The van der Waals surface area contributed by atoms with Crippen molar-refractivity contribution in [1.82, 2.24) is 4.90 Å². The van der Waals surface area contributed by atoms with E-state index in [4.69, 9.17) is 32.3 Å². The number of nitriles is 1. The molecule has 0 unspecified atom stereocenters. The number of nitrogens with two attached hydrogens (primary N) is 1. The van der Waals surface area contributed by atoms with Crippen molar-refractivity contribution in [2.75, 3.05) is 11.9 Å². The third-order valence-corrected chi connectivity index (χ3v) is 6.71. The average molecular weight is 480 g/mol. The van der Waals surface area contributed by atoms with E-state index in [0.29, 0.717) is 46.8 Å². The first-order valence-electron chi connectivity index (χ1n) is 11.1. The van der Waals surface area contributed by atoms with Crippen LogP contribution in [-0.2, 0) is 15.1 Å². The molecule has 9 heteroatoms. The van der Waals surface area contributed by atoms with Crippen LogP contribution in [-0.4, -0.2) is 41.4 Å². The summed E-state index contributed by atoms with van der Waals surface area (Å²) >= 11 is 6.70. The molecule has 3 atom stereocenters. The van der Waals surface area contributed by atoms with Crippen LogP contribution in [0.4, 0.5) is 5.69 Å². The van der Waals surface area contributed by atoms with E-state index >= 15 is 0 Å². The van der Waals surface area contributed by atoms with Crippen LogP contribution in [0, 0.1) is 11.3 Å². The molecule has 8 nitrogen and oxygen atoms in total. The smallest absolute Gasteiger partial charge is 0.255 e. The fourth-order valence-electron chi connectivity index (χ4n) is 4.54. The number of anilines is 1. The summed E-state index contributed by atoms with van der Waals surface area (Å²) in [5.74, 6) is -0.311. The topological polar surface area (TPSA) is 121 Å². The monoisotopic (exact) mass is 479 g/mol. The van der Waals surface area contributed by atoms with Gasteiger partial charge in [-0.2, -0.15) is 5.26 Å². The summed E-state index contributed by atoms with van der Waals surface area (Å²) in [7, 11) is 0. The lowest BCUT2D eigenvalue weighted by Gasteiger charge is -2.41. The van der Waals surface area contributed by atoms with E-state index in [1.807, 2.05) is 19.9 Å². The van der Waals surface area contributed by atoms with Crippen molar-refractivity contribution in [3.05, 3.63) is 64.2 Å². The zero-order valence-electron chi connectivity index (χ0n) is 19.0. The lowest BCUT2D eigenvalue weighted by molar-refractivity contribution is -0.133. The molecular formula is C25H26ClN5O3. The van der Waals surface area contributed by atoms with Gasteiger partial charge in [-0.05, 0) is 57.0 Å². The van der Waals surface area contributed by atoms with Crippen LogP contribution >= 0.6 is 11.6 Å². The lowest BCUT2D eigenvalue weighted by Crippen LogP contribution is -2.56. The van der Waals surface area contributed by atoms with Gasteiger partial charge in [0.15, 0.2) is 5.96 Å². The molecule has 34 heavy (non-hydrogen) atoms. The fraction of sp³-hybridized carbons (Fsp3) is 0.360. The summed E-state index contributed by atoms with van der Waals surface area (Å²) in [5, 5.41) is 12.0. The molecule has 2 aromatic carbocycles. The SMILES string of the molecule is C[C@@H]1C[C@H](N2C(=O)C[C@@](C)(c3cccc(NC(=O)c4ccc(C#N)cc4)c3Cl)N=C2N)CCO1. The van der Waals surface area contributed by atoms with Crippen molar-refractivity contribution < 1.29 is 14.3 Å². The maximum absolute atomic E-state index is 13.2. The number of nitrogens with zero attached hydrogens (tertiary/aromatic N) is 3. The highest BCUT2D eigenvalue weighted by Crippen LogP contribution is 2.41. The number of halogens is 1. The molecule has 2 aromatic rings. The van der Waals surface area contributed by atoms with E-state index < -0.39 is 5.54 Å². The number of carbonyl (C=O) groups is 2. The number of guanidine groups is 1. The second-order valence-corrected chi connectivity index (χ2v) is 9.23. The molecule has 3 N–H and O–H groups in total. The molecule has 0 aliphatic carbocycles. The van der Waals surface area contributed by atoms with Crippen LogP contribution in [0.2, 0.25) is 5.02 Å². The number of rotatable bonds is 4. The normalized spacial score (nSPS) is 24.8. The first kappa shape index (κ1) is 23.7. The van der Waals surface area contributed by atoms with Crippen molar-refractivity contribution in [3.63, 3.8) is 0 Å². The highest BCUT2D eigenvalue weighted by Gasteiger charge is 2.42. The molecule has 2 amide bonds. The Balaban J connectivity index is 1.59. The van der Waals surface area contributed by atoms with Gasteiger partial charge in [0.25, 0.3) is 5.91 Å². The second kappa shape index (κ2) is 9.45. The Morgan fingerprint density at radius 2 is 2.06 bits per heavy atom. The molecule has 176 valence electrons. The number of nitrogens with one attached hydrogen (secondary N) is 1. The predicted molar refractivity (Wildman–Crippen MR) is 129 cm³/mol. The second-order valence-electron chi connectivity index (χ2n) is 8.85. The molecule has 0 bridgehead atoms. The summed E-state index contributed by atoms with van der Waals surface area (Å²) in [6, 6.07) is 13.5. The molecule has 0 radical (unpaired) electrons. The highest BCUT2D eigenvalue weighted by atomic mass is 35.5. The summed E-state index contributed by atoms with van der Waals surface area (Å²) in [5.41, 5.74) is 7.19. The van der Waals surface area contributed by atoms with Gasteiger partial charge in [0.05, 0.1) is 40.4 Å². The number of carbonyl (C=O) groups excluding carboxylic acids is 2. The van der Waals surface area contributed by atoms with Gasteiger partial charge in [0.1, 0.15) is 0 Å². The molecule has 0 saturated carbocycles. The number of hydrogen-bond donors (Lipinski definition) is 2. The first-order chi connectivity index (χ1) is 16.2. The van der Waals surface area contributed by atoms with Crippen molar-refractivity contribution in [1.29, 1.82) is 5.26 Å². The fourth-order valence-corrected chi connectivity index (χ4v) is 4.92. The Bertz CT molecular complexity index is 1190. The van der Waals surface area contributed by atoms with Crippen molar-refractivity contribution in [2.45, 2.75) is 50.8 Å². The van der Waals surface area contributed by atoms with Crippen molar-refractivity contribution in [2.24, 2.45) is 10.7 Å². The molecule has 1 saturated heterocycles. The maximum atomic E-state index is 13.2. The Morgan fingerprint density at radius 1 is 1.32 bits per heavy atom. The molecule has 2 aliphatic rings. The van der Waals surface area contributed by atoms with Crippen molar-refractivity contribution >= 4 is 35.1 Å². The van der Waals surface area contributed by atoms with Crippen LogP contribution in [0.15, 0.2) is 47.5 Å². The van der Waals surface area contributed by atoms with E-state index in [2.05, 4.69) is 5.32 Å². The first-order valence-corrected chi connectivity index (χ1v) is 11.5. The summed E-state index contributed by atoms with van der Waals surface area (Å²) in [6.45, 7) is 4.37. The number of ether oxygens (including phenoxy) is 1. The van der Waals surface area contributed by atoms with Gasteiger partial charge < -0.3 is 15.8 Å². The molecular weight excluding hydrogens is 454 g/mol.